The van der Waals surface area contributed by atoms with Crippen molar-refractivity contribution in [1.82, 2.24) is 9.97 Å². The molecule has 8 nitrogen and oxygen atoms in total. The van der Waals surface area contributed by atoms with Gasteiger partial charge in [0.05, 0.1) is 31.2 Å². The molecule has 1 aromatic carbocycles. The van der Waals surface area contributed by atoms with Gasteiger partial charge in [-0.2, -0.15) is 0 Å². The van der Waals surface area contributed by atoms with Crippen molar-refractivity contribution in [2.75, 3.05) is 31.5 Å². The van der Waals surface area contributed by atoms with Crippen LogP contribution in [0.1, 0.15) is 50.5 Å². The highest BCUT2D eigenvalue weighted by Crippen LogP contribution is 2.42. The number of esters is 1. The Balaban J connectivity index is 1.30. The molecule has 1 unspecified atom stereocenters. The molecule has 4 aliphatic rings. The van der Waals surface area contributed by atoms with Crippen molar-refractivity contribution in [3.63, 3.8) is 0 Å². The van der Waals surface area contributed by atoms with Crippen LogP contribution < -0.4 is 5.32 Å². The van der Waals surface area contributed by atoms with Crippen molar-refractivity contribution < 1.29 is 23.9 Å². The van der Waals surface area contributed by atoms with Crippen LogP contribution in [0.2, 0.25) is 0 Å². The van der Waals surface area contributed by atoms with Crippen molar-refractivity contribution in [3.8, 4) is 0 Å². The summed E-state index contributed by atoms with van der Waals surface area (Å²) >= 11 is 0. The molecule has 4 heterocycles. The zero-order chi connectivity index (χ0) is 24.3. The number of piperidine rings is 3. The number of nitrogens with zero attached hydrogens (tertiary/aromatic N) is 3. The summed E-state index contributed by atoms with van der Waals surface area (Å²) in [5.74, 6) is -0.489. The van der Waals surface area contributed by atoms with Gasteiger partial charge in [-0.3, -0.25) is 4.79 Å². The van der Waals surface area contributed by atoms with Crippen LogP contribution in [0, 0.1) is 11.8 Å². The average Bonchev–Trinajstić information content (AvgIpc) is 2.90. The maximum atomic E-state index is 13.7. The summed E-state index contributed by atoms with van der Waals surface area (Å²) in [6.07, 6.45) is 10.9. The Hall–Kier alpha value is -2.84. The molecule has 6 rings (SSSR count). The van der Waals surface area contributed by atoms with Gasteiger partial charge in [0, 0.05) is 24.7 Å². The van der Waals surface area contributed by atoms with Crippen molar-refractivity contribution in [3.05, 3.63) is 54.6 Å². The molecule has 2 bridgehead atoms. The summed E-state index contributed by atoms with van der Waals surface area (Å²) in [4.78, 5) is 34.4. The topological polar surface area (TPSA) is 101 Å². The highest BCUT2D eigenvalue weighted by atomic mass is 16.6. The molecule has 3 saturated heterocycles. The van der Waals surface area contributed by atoms with E-state index in [0.29, 0.717) is 28.8 Å². The highest BCUT2D eigenvalue weighted by molar-refractivity contribution is 5.91. The molecule has 2 atom stereocenters. The molecular weight excluding hydrogens is 444 g/mol. The van der Waals surface area contributed by atoms with Crippen molar-refractivity contribution in [2.45, 2.75) is 56.7 Å². The first-order chi connectivity index (χ1) is 17.0. The number of rotatable bonds is 7. The molecule has 35 heavy (non-hydrogen) atoms. The van der Waals surface area contributed by atoms with Gasteiger partial charge >= 0.3 is 5.97 Å². The monoisotopic (exact) mass is 479 g/mol. The van der Waals surface area contributed by atoms with Gasteiger partial charge in [-0.05, 0) is 18.4 Å². The molecule has 0 spiro atoms. The third-order valence-electron chi connectivity index (χ3n) is 8.34. The summed E-state index contributed by atoms with van der Waals surface area (Å²) in [7, 11) is 0. The van der Waals surface area contributed by atoms with Crippen LogP contribution in [0.4, 0.5) is 5.69 Å². The molecule has 2 N–H and O–H groups in total. The van der Waals surface area contributed by atoms with E-state index in [1.165, 1.54) is 6.33 Å². The van der Waals surface area contributed by atoms with Crippen LogP contribution in [0.25, 0.3) is 0 Å². The Morgan fingerprint density at radius 3 is 2.40 bits per heavy atom. The average molecular weight is 480 g/mol. The summed E-state index contributed by atoms with van der Waals surface area (Å²) < 4.78 is 6.77. The largest absolute Gasteiger partial charge is 0.454 e. The summed E-state index contributed by atoms with van der Waals surface area (Å²) in [6.45, 7) is 2.71. The van der Waals surface area contributed by atoms with E-state index in [-0.39, 0.29) is 23.8 Å². The van der Waals surface area contributed by atoms with Crippen LogP contribution in [-0.4, -0.2) is 63.7 Å². The number of ether oxygens (including phenoxy) is 1. The van der Waals surface area contributed by atoms with Gasteiger partial charge in [0.1, 0.15) is 12.9 Å². The third-order valence-corrected chi connectivity index (χ3v) is 8.34. The van der Waals surface area contributed by atoms with Crippen molar-refractivity contribution in [1.29, 1.82) is 0 Å². The molecule has 3 aliphatic heterocycles. The Morgan fingerprint density at radius 1 is 1.03 bits per heavy atom. The molecular formula is C27H35N4O4+. The Morgan fingerprint density at radius 2 is 1.71 bits per heavy atom. The maximum absolute atomic E-state index is 13.7. The first-order valence-corrected chi connectivity index (χ1v) is 12.9. The lowest BCUT2D eigenvalue weighted by Gasteiger charge is -2.52. The molecule has 2 aromatic rings. The number of aliphatic hydroxyl groups is 1. The quantitative estimate of drug-likeness (QED) is 0.468. The van der Waals surface area contributed by atoms with E-state index < -0.39 is 11.6 Å². The number of quaternary nitrogens is 1. The minimum atomic E-state index is -1.64. The minimum Gasteiger partial charge on any atom is -0.454 e. The lowest BCUT2D eigenvalue weighted by molar-refractivity contribution is -0.939. The normalized spacial score (nSPS) is 28.1. The number of hydrogen-bond acceptors (Lipinski definition) is 6. The van der Waals surface area contributed by atoms with E-state index in [9.17, 15) is 14.7 Å². The number of nitrogens with one attached hydrogen (secondary N) is 1. The molecule has 0 radical (unpaired) electrons. The van der Waals surface area contributed by atoms with E-state index in [1.807, 2.05) is 30.3 Å². The van der Waals surface area contributed by atoms with E-state index in [2.05, 4.69) is 15.3 Å². The predicted octanol–water partition coefficient (Wildman–Crippen LogP) is 3.04. The second-order valence-electron chi connectivity index (χ2n) is 10.6. The molecule has 8 heteroatoms. The summed E-state index contributed by atoms with van der Waals surface area (Å²) in [5, 5.41) is 14.8. The van der Waals surface area contributed by atoms with E-state index >= 15 is 0 Å². The molecule has 1 aliphatic carbocycles. The first-order valence-electron chi connectivity index (χ1n) is 12.9. The van der Waals surface area contributed by atoms with Gasteiger partial charge < -0.3 is 19.6 Å². The van der Waals surface area contributed by atoms with Gasteiger partial charge in [-0.1, -0.05) is 49.6 Å². The number of benzene rings is 1. The smallest absolute Gasteiger partial charge is 0.343 e. The second-order valence-corrected chi connectivity index (χ2v) is 10.6. The second kappa shape index (κ2) is 10.0. The SMILES string of the molecule is O=C(C[N+]12CCC(CC1)[C@@H](OC(=O)C(O)(c1ccccc1)C1CCCCC1)C2)Nc1cncnc1. The highest BCUT2D eigenvalue weighted by Gasteiger charge is 2.52. The first kappa shape index (κ1) is 23.9. The van der Waals surface area contributed by atoms with Crippen LogP contribution >= 0.6 is 0 Å². The van der Waals surface area contributed by atoms with Gasteiger partial charge in [0.25, 0.3) is 5.91 Å². The third kappa shape index (κ3) is 4.95. The van der Waals surface area contributed by atoms with Crippen LogP contribution in [0.15, 0.2) is 49.1 Å². The van der Waals surface area contributed by atoms with E-state index in [4.69, 9.17) is 4.74 Å². The Labute approximate surface area is 206 Å². The van der Waals surface area contributed by atoms with Crippen LogP contribution in [0.3, 0.4) is 0 Å². The van der Waals surface area contributed by atoms with E-state index in [0.717, 1.165) is 58.0 Å². The standard InChI is InChI=1S/C27H34N4O4/c32-25(30-23-15-28-19-29-16-23)18-31-13-11-20(12-14-31)24(17-31)35-26(33)27(34,21-7-3-1-4-8-21)22-9-5-2-6-10-22/h1,3-4,7-8,15-16,19-20,22,24,34H,2,5-6,9-14,17-18H2/p+1/t20?,24-,27?,31?/m0/s1. The number of fused-ring (bicyclic) bond motifs is 3. The molecule has 4 fully saturated rings. The number of hydrogen-bond donors (Lipinski definition) is 2. The fourth-order valence-electron chi connectivity index (χ4n) is 6.41. The predicted molar refractivity (Wildman–Crippen MR) is 130 cm³/mol. The number of anilines is 1. The molecule has 1 amide bonds. The van der Waals surface area contributed by atoms with Crippen molar-refractivity contribution >= 4 is 17.6 Å². The maximum Gasteiger partial charge on any atom is 0.343 e. The molecule has 1 saturated carbocycles. The summed E-state index contributed by atoms with van der Waals surface area (Å²) in [5.41, 5.74) is -0.444. The Bertz CT molecular complexity index is 1020. The van der Waals surface area contributed by atoms with Crippen LogP contribution in [0.5, 0.6) is 0 Å². The van der Waals surface area contributed by atoms with E-state index in [1.54, 1.807) is 12.4 Å². The zero-order valence-corrected chi connectivity index (χ0v) is 20.1. The summed E-state index contributed by atoms with van der Waals surface area (Å²) in [6, 6.07) is 9.28. The molecule has 186 valence electrons. The van der Waals surface area contributed by atoms with Gasteiger partial charge in [-0.25, -0.2) is 14.8 Å². The van der Waals surface area contributed by atoms with Crippen molar-refractivity contribution in [2.24, 2.45) is 11.8 Å². The van der Waals surface area contributed by atoms with Gasteiger partial charge in [0.15, 0.2) is 18.2 Å². The van der Waals surface area contributed by atoms with Gasteiger partial charge in [-0.15, -0.1) is 0 Å². The number of aromatic nitrogens is 2. The van der Waals surface area contributed by atoms with Crippen LogP contribution in [-0.2, 0) is 19.9 Å². The lowest BCUT2D eigenvalue weighted by Crippen LogP contribution is -2.66. The van der Waals surface area contributed by atoms with Gasteiger partial charge in [0.2, 0.25) is 0 Å². The lowest BCUT2D eigenvalue weighted by atomic mass is 9.73. The fraction of sp³-hybridized carbons (Fsp3) is 0.556. The number of carbonyl (C=O) groups excluding carboxylic acids is 2. The zero-order valence-electron chi connectivity index (χ0n) is 20.1. The fourth-order valence-corrected chi connectivity index (χ4v) is 6.41. The molecule has 1 aromatic heterocycles. The number of amides is 1. The number of carbonyl (C=O) groups is 2. The Kier molecular flexibility index (Phi) is 6.84. The minimum absolute atomic E-state index is 0.0896.